The van der Waals surface area contributed by atoms with Crippen LogP contribution in [0.4, 0.5) is 18.9 Å². The van der Waals surface area contributed by atoms with Crippen molar-refractivity contribution in [2.75, 3.05) is 5.32 Å². The Morgan fingerprint density at radius 2 is 1.89 bits per heavy atom. The average molecular weight is 293 g/mol. The maximum absolute atomic E-state index is 12.9. The Labute approximate surface area is 108 Å². The van der Waals surface area contributed by atoms with Gasteiger partial charge >= 0.3 is 6.18 Å². The normalized spacial score (nSPS) is 17.4. The zero-order chi connectivity index (χ0) is 14.4. The van der Waals surface area contributed by atoms with Gasteiger partial charge in [0.05, 0.1) is 21.8 Å². The van der Waals surface area contributed by atoms with Crippen LogP contribution in [0, 0.1) is 0 Å². The highest BCUT2D eigenvalue weighted by atomic mass is 35.5. The molecule has 1 aliphatic heterocycles. The molecule has 0 saturated heterocycles. The van der Waals surface area contributed by atoms with Gasteiger partial charge in [0, 0.05) is 0 Å². The first-order chi connectivity index (χ1) is 8.77. The van der Waals surface area contributed by atoms with Crippen molar-refractivity contribution in [3.63, 3.8) is 0 Å². The molecule has 0 bridgehead atoms. The largest absolute Gasteiger partial charge is 0.418 e. The number of alkyl halides is 3. The lowest BCUT2D eigenvalue weighted by Gasteiger charge is -2.21. The Balaban J connectivity index is 2.79. The van der Waals surface area contributed by atoms with E-state index in [9.17, 15) is 22.8 Å². The summed E-state index contributed by atoms with van der Waals surface area (Å²) >= 11 is 5.45. The summed E-state index contributed by atoms with van der Waals surface area (Å²) in [6, 6.07) is 1.98. The van der Waals surface area contributed by atoms with E-state index in [1.807, 2.05) is 5.32 Å². The Kier molecular flexibility index (Phi) is 2.97. The number of carbonyl (C=O) groups excluding carboxylic acids is 2. The number of benzene rings is 1. The molecule has 1 amide bonds. The summed E-state index contributed by atoms with van der Waals surface area (Å²) in [6.07, 6.45) is -4.89. The minimum atomic E-state index is -4.89. The third-order valence-corrected chi connectivity index (χ3v) is 2.76. The van der Waals surface area contributed by atoms with E-state index in [1.54, 1.807) is 0 Å². The van der Waals surface area contributed by atoms with Gasteiger partial charge in [-0.25, -0.2) is 0 Å². The van der Waals surface area contributed by atoms with E-state index in [4.69, 9.17) is 16.8 Å². The lowest BCUT2D eigenvalue weighted by Crippen LogP contribution is -2.37. The van der Waals surface area contributed by atoms with Gasteiger partial charge in [-0.1, -0.05) is 16.8 Å². The molecule has 5 nitrogen and oxygen atoms in total. The maximum atomic E-state index is 12.9. The van der Waals surface area contributed by atoms with Crippen molar-refractivity contribution in [1.29, 1.82) is 0 Å². The number of amides is 1. The second-order valence-electron chi connectivity index (χ2n) is 3.57. The van der Waals surface area contributed by atoms with Crippen LogP contribution in [-0.2, 0) is 11.0 Å². The van der Waals surface area contributed by atoms with Crippen LogP contribution >= 0.6 is 11.6 Å². The predicted octanol–water partition coefficient (Wildman–Crippen LogP) is 2.32. The van der Waals surface area contributed by atoms with Crippen LogP contribution in [0.1, 0.15) is 15.9 Å². The number of hydrogen-bond acceptors (Lipinski definition) is 4. The molecule has 100 valence electrons. The quantitative estimate of drug-likeness (QED) is 0.569. The number of carbonyl (C=O) groups is 2. The lowest BCUT2D eigenvalue weighted by molar-refractivity contribution is -0.137. The first-order valence-electron chi connectivity index (χ1n) is 4.75. The van der Waals surface area contributed by atoms with Crippen molar-refractivity contribution >= 4 is 34.7 Å². The molecule has 9 heteroatoms. The summed E-state index contributed by atoms with van der Waals surface area (Å²) in [6.45, 7) is 0. The van der Waals surface area contributed by atoms with Gasteiger partial charge in [-0.2, -0.15) is 13.2 Å². The van der Waals surface area contributed by atoms with Crippen molar-refractivity contribution in [2.45, 2.75) is 6.18 Å². The Bertz CT molecular complexity index is 625. The van der Waals surface area contributed by atoms with Gasteiger partial charge in [0.25, 0.3) is 5.91 Å². The molecule has 1 aromatic rings. The summed E-state index contributed by atoms with van der Waals surface area (Å²) in [7, 11) is 0. The predicted molar refractivity (Wildman–Crippen MR) is 58.6 cm³/mol. The second-order valence-corrected chi connectivity index (χ2v) is 3.98. The molecule has 2 rings (SSSR count). The fourth-order valence-electron chi connectivity index (χ4n) is 1.69. The molecule has 0 saturated carbocycles. The molecular weight excluding hydrogens is 289 g/mol. The minimum absolute atomic E-state index is 0.334. The van der Waals surface area contributed by atoms with E-state index in [1.165, 1.54) is 0 Å². The highest BCUT2D eigenvalue weighted by molar-refractivity contribution is 6.72. The van der Waals surface area contributed by atoms with Crippen molar-refractivity contribution in [3.05, 3.63) is 28.3 Å². The molecule has 0 aromatic heterocycles. The number of halogens is 4. The first-order valence-corrected chi connectivity index (χ1v) is 5.13. The first kappa shape index (κ1) is 13.3. The fourth-order valence-corrected chi connectivity index (χ4v) is 1.95. The van der Waals surface area contributed by atoms with Gasteiger partial charge in [-0.3, -0.25) is 9.59 Å². The Morgan fingerprint density at radius 1 is 1.26 bits per heavy atom. The maximum Gasteiger partial charge on any atom is 0.418 e. The lowest BCUT2D eigenvalue weighted by atomic mass is 9.94. The molecule has 0 fully saturated rings. The molecule has 1 aliphatic rings. The number of nitrogens with one attached hydrogen (secondary N) is 1. The minimum Gasteiger partial charge on any atom is -0.410 e. The number of rotatable bonds is 0. The van der Waals surface area contributed by atoms with Crippen LogP contribution in [0.15, 0.2) is 17.3 Å². The van der Waals surface area contributed by atoms with Crippen molar-refractivity contribution in [1.82, 2.24) is 0 Å². The van der Waals surface area contributed by atoms with Gasteiger partial charge in [0.1, 0.15) is 0 Å². The van der Waals surface area contributed by atoms with Crippen LogP contribution in [0.5, 0.6) is 0 Å². The summed E-state index contributed by atoms with van der Waals surface area (Å²) in [5.74, 6) is -2.42. The molecule has 2 N–H and O–H groups in total. The molecule has 19 heavy (non-hydrogen) atoms. The third kappa shape index (κ3) is 2.03. The van der Waals surface area contributed by atoms with Crippen molar-refractivity contribution < 1.29 is 28.0 Å². The Morgan fingerprint density at radius 3 is 2.42 bits per heavy atom. The van der Waals surface area contributed by atoms with Crippen molar-refractivity contribution in [2.24, 2.45) is 5.16 Å². The SMILES string of the molecule is O=C1Nc2ccc(Cl)c(C(F)(F)F)c2C(=O)C1=NO. The van der Waals surface area contributed by atoms with Gasteiger partial charge < -0.3 is 10.5 Å². The number of ketones is 1. The summed E-state index contributed by atoms with van der Waals surface area (Å²) in [5.41, 5.74) is -3.58. The zero-order valence-electron chi connectivity index (χ0n) is 8.88. The van der Waals surface area contributed by atoms with Crippen LogP contribution in [0.2, 0.25) is 5.02 Å². The number of anilines is 1. The topological polar surface area (TPSA) is 78.8 Å². The van der Waals surface area contributed by atoms with Crippen LogP contribution in [0.25, 0.3) is 0 Å². The van der Waals surface area contributed by atoms with Crippen molar-refractivity contribution in [3.8, 4) is 0 Å². The third-order valence-electron chi connectivity index (χ3n) is 2.44. The summed E-state index contributed by atoms with van der Waals surface area (Å²) < 4.78 is 38.7. The van der Waals surface area contributed by atoms with E-state index in [0.717, 1.165) is 12.1 Å². The highest BCUT2D eigenvalue weighted by Gasteiger charge is 2.43. The van der Waals surface area contributed by atoms with E-state index in [2.05, 4.69) is 5.16 Å². The second kappa shape index (κ2) is 4.23. The molecule has 0 aliphatic carbocycles. The number of nitrogens with zero attached hydrogens (tertiary/aromatic N) is 1. The number of hydrogen-bond donors (Lipinski definition) is 2. The molecule has 0 radical (unpaired) electrons. The monoisotopic (exact) mass is 292 g/mol. The van der Waals surface area contributed by atoms with Gasteiger partial charge in [-0.15, -0.1) is 0 Å². The van der Waals surface area contributed by atoms with Gasteiger partial charge in [-0.05, 0) is 12.1 Å². The van der Waals surface area contributed by atoms with E-state index in [-0.39, 0.29) is 5.69 Å². The summed E-state index contributed by atoms with van der Waals surface area (Å²) in [5, 5.41) is 12.3. The molecule has 1 aromatic carbocycles. The molecular formula is C10H4ClF3N2O3. The van der Waals surface area contributed by atoms with Crippen LogP contribution in [-0.4, -0.2) is 22.6 Å². The molecule has 1 heterocycles. The van der Waals surface area contributed by atoms with E-state index in [0.29, 0.717) is 0 Å². The number of Topliss-reactive ketones (excluding diaryl/α,β-unsaturated/α-hetero) is 1. The smallest absolute Gasteiger partial charge is 0.410 e. The Hall–Kier alpha value is -2.09. The van der Waals surface area contributed by atoms with Gasteiger partial charge in [0.15, 0.2) is 0 Å². The molecule has 0 atom stereocenters. The standard InChI is InChI=1S/C10H4ClF3N2O3/c11-3-1-2-4-5(6(3)10(12,13)14)8(17)7(16-19)9(18)15-4/h1-2,19H,(H,15,18). The van der Waals surface area contributed by atoms with Gasteiger partial charge in [0.2, 0.25) is 11.5 Å². The number of oxime groups is 1. The average Bonchev–Trinajstić information content (AvgIpc) is 2.29. The zero-order valence-corrected chi connectivity index (χ0v) is 9.63. The highest BCUT2D eigenvalue weighted by Crippen LogP contribution is 2.41. The fraction of sp³-hybridized carbons (Fsp3) is 0.100. The van der Waals surface area contributed by atoms with Crippen LogP contribution in [0.3, 0.4) is 0 Å². The van der Waals surface area contributed by atoms with Crippen LogP contribution < -0.4 is 5.32 Å². The van der Waals surface area contributed by atoms with E-state index >= 15 is 0 Å². The molecule has 0 unspecified atom stereocenters. The number of fused-ring (bicyclic) bond motifs is 1. The summed E-state index contributed by atoms with van der Waals surface area (Å²) in [4.78, 5) is 23.1. The molecule has 0 spiro atoms. The van der Waals surface area contributed by atoms with E-state index < -0.39 is 39.7 Å².